The van der Waals surface area contributed by atoms with Crippen LogP contribution in [0.25, 0.3) is 0 Å². The molecule has 0 fully saturated rings. The van der Waals surface area contributed by atoms with Gasteiger partial charge in [-0.15, -0.1) is 0 Å². The Balaban J connectivity index is 2.45. The lowest BCUT2D eigenvalue weighted by Crippen LogP contribution is -2.43. The summed E-state index contributed by atoms with van der Waals surface area (Å²) in [6.07, 6.45) is 0.279. The molecule has 0 bridgehead atoms. The number of ether oxygens (including phenoxy) is 1. The Labute approximate surface area is 88.6 Å². The first kappa shape index (κ1) is 9.83. The van der Waals surface area contributed by atoms with Crippen LogP contribution >= 0.6 is 0 Å². The Morgan fingerprint density at radius 2 is 2.27 bits per heavy atom. The molecule has 1 amide bonds. The number of hydrogen-bond donors (Lipinski definition) is 1. The van der Waals surface area contributed by atoms with Crippen LogP contribution in [0.4, 0.5) is 11.4 Å². The highest BCUT2D eigenvalue weighted by molar-refractivity contribution is 5.99. The molecule has 0 aliphatic carbocycles. The fourth-order valence-corrected chi connectivity index (χ4v) is 1.70. The summed E-state index contributed by atoms with van der Waals surface area (Å²) in [6, 6.07) is 5.31. The van der Waals surface area contributed by atoms with Crippen LogP contribution in [-0.4, -0.2) is 19.1 Å². The maximum atomic E-state index is 11.8. The van der Waals surface area contributed by atoms with Crippen molar-refractivity contribution in [1.82, 2.24) is 0 Å². The summed E-state index contributed by atoms with van der Waals surface area (Å²) in [5.41, 5.74) is 7.09. The van der Waals surface area contributed by atoms with E-state index < -0.39 is 0 Å². The number of fused-ring (bicyclic) bond motifs is 1. The molecular formula is C11H14N2O2. The van der Waals surface area contributed by atoms with Gasteiger partial charge in [0.1, 0.15) is 5.75 Å². The normalized spacial score (nSPS) is 19.7. The summed E-state index contributed by atoms with van der Waals surface area (Å²) in [5, 5.41) is 0. The zero-order valence-electron chi connectivity index (χ0n) is 8.86. The summed E-state index contributed by atoms with van der Waals surface area (Å²) >= 11 is 0. The third-order valence-corrected chi connectivity index (χ3v) is 2.59. The van der Waals surface area contributed by atoms with Crippen LogP contribution in [0.1, 0.15) is 13.3 Å². The summed E-state index contributed by atoms with van der Waals surface area (Å²) in [7, 11) is 1.75. The summed E-state index contributed by atoms with van der Waals surface area (Å²) in [6.45, 7) is 1.92. The second-order valence-corrected chi connectivity index (χ2v) is 3.64. The van der Waals surface area contributed by atoms with Crippen molar-refractivity contribution in [1.29, 1.82) is 0 Å². The van der Waals surface area contributed by atoms with Gasteiger partial charge in [-0.1, -0.05) is 6.92 Å². The first-order valence-electron chi connectivity index (χ1n) is 4.97. The summed E-state index contributed by atoms with van der Waals surface area (Å²) in [5.74, 6) is 0.679. The van der Waals surface area contributed by atoms with Crippen LogP contribution in [0.15, 0.2) is 18.2 Å². The number of nitrogens with zero attached hydrogens (tertiary/aromatic N) is 1. The van der Waals surface area contributed by atoms with E-state index >= 15 is 0 Å². The topological polar surface area (TPSA) is 55.6 Å². The Morgan fingerprint density at radius 1 is 1.53 bits per heavy atom. The van der Waals surface area contributed by atoms with Gasteiger partial charge in [0.05, 0.1) is 5.69 Å². The largest absolute Gasteiger partial charge is 0.478 e. The van der Waals surface area contributed by atoms with Crippen molar-refractivity contribution < 1.29 is 9.53 Å². The molecule has 0 saturated heterocycles. The zero-order chi connectivity index (χ0) is 11.0. The van der Waals surface area contributed by atoms with Gasteiger partial charge in [0.15, 0.2) is 6.10 Å². The second-order valence-electron chi connectivity index (χ2n) is 3.64. The van der Waals surface area contributed by atoms with E-state index in [2.05, 4.69) is 0 Å². The third-order valence-electron chi connectivity index (χ3n) is 2.59. The number of hydrogen-bond acceptors (Lipinski definition) is 3. The number of rotatable bonds is 1. The molecule has 1 atom stereocenters. The lowest BCUT2D eigenvalue weighted by atomic mass is 10.1. The number of benzene rings is 1. The van der Waals surface area contributed by atoms with Crippen molar-refractivity contribution in [2.24, 2.45) is 0 Å². The highest BCUT2D eigenvalue weighted by Crippen LogP contribution is 2.35. The number of carbonyl (C=O) groups is 1. The Bertz CT molecular complexity index is 404. The molecule has 1 aliphatic heterocycles. The summed E-state index contributed by atoms with van der Waals surface area (Å²) in [4.78, 5) is 13.4. The number of amides is 1. The number of likely N-dealkylation sites (N-methyl/N-ethyl adjacent to an activating group) is 1. The molecule has 0 aromatic heterocycles. The molecule has 1 heterocycles. The molecule has 1 aliphatic rings. The summed E-state index contributed by atoms with van der Waals surface area (Å²) < 4.78 is 5.57. The van der Waals surface area contributed by atoms with E-state index in [9.17, 15) is 4.79 Å². The van der Waals surface area contributed by atoms with E-state index in [0.29, 0.717) is 17.9 Å². The number of nitrogens with two attached hydrogens (primary N) is 1. The second kappa shape index (κ2) is 3.46. The molecule has 1 aromatic rings. The lowest BCUT2D eigenvalue weighted by Gasteiger charge is -2.31. The van der Waals surface area contributed by atoms with E-state index in [4.69, 9.17) is 10.5 Å². The van der Waals surface area contributed by atoms with Crippen molar-refractivity contribution in [3.8, 4) is 5.75 Å². The molecule has 0 radical (unpaired) electrons. The first-order chi connectivity index (χ1) is 7.13. The van der Waals surface area contributed by atoms with Crippen molar-refractivity contribution in [3.05, 3.63) is 18.2 Å². The fraction of sp³-hybridized carbons (Fsp3) is 0.364. The molecule has 4 heteroatoms. The van der Waals surface area contributed by atoms with Gasteiger partial charge in [0.2, 0.25) is 0 Å². The molecule has 0 saturated carbocycles. The van der Waals surface area contributed by atoms with Gasteiger partial charge in [-0.05, 0) is 18.6 Å². The third kappa shape index (κ3) is 1.52. The molecule has 1 unspecified atom stereocenters. The van der Waals surface area contributed by atoms with Crippen LogP contribution in [0, 0.1) is 0 Å². The predicted octanol–water partition coefficient (Wildman–Crippen LogP) is 1.40. The van der Waals surface area contributed by atoms with E-state index in [1.165, 1.54) is 0 Å². The molecule has 1 aromatic carbocycles. The SMILES string of the molecule is CCC1Oc2cc(N)ccc2N(C)C1=O. The Kier molecular flexibility index (Phi) is 2.26. The molecule has 2 rings (SSSR count). The standard InChI is InChI=1S/C11H14N2O2/c1-3-9-11(14)13(2)8-5-4-7(12)6-10(8)15-9/h4-6,9H,3,12H2,1-2H3. The minimum absolute atomic E-state index is 0.00484. The van der Waals surface area contributed by atoms with Gasteiger partial charge in [0.25, 0.3) is 5.91 Å². The lowest BCUT2D eigenvalue weighted by molar-refractivity contribution is -0.126. The van der Waals surface area contributed by atoms with Crippen LogP contribution in [-0.2, 0) is 4.79 Å². The van der Waals surface area contributed by atoms with Gasteiger partial charge < -0.3 is 15.4 Å². The van der Waals surface area contributed by atoms with E-state index in [1.54, 1.807) is 30.1 Å². The Hall–Kier alpha value is -1.71. The van der Waals surface area contributed by atoms with Crippen LogP contribution in [0.3, 0.4) is 0 Å². The van der Waals surface area contributed by atoms with Crippen LogP contribution in [0.2, 0.25) is 0 Å². The number of carbonyl (C=O) groups excluding carboxylic acids is 1. The Morgan fingerprint density at radius 3 is 2.93 bits per heavy atom. The van der Waals surface area contributed by atoms with Crippen LogP contribution < -0.4 is 15.4 Å². The minimum Gasteiger partial charge on any atom is -0.478 e. The maximum absolute atomic E-state index is 11.8. The fourth-order valence-electron chi connectivity index (χ4n) is 1.70. The molecular weight excluding hydrogens is 192 g/mol. The van der Waals surface area contributed by atoms with E-state index in [0.717, 1.165) is 5.69 Å². The molecule has 15 heavy (non-hydrogen) atoms. The van der Waals surface area contributed by atoms with Crippen molar-refractivity contribution in [3.63, 3.8) is 0 Å². The first-order valence-corrected chi connectivity index (χ1v) is 4.97. The van der Waals surface area contributed by atoms with Crippen molar-refractivity contribution in [2.75, 3.05) is 17.7 Å². The van der Waals surface area contributed by atoms with E-state index in [-0.39, 0.29) is 12.0 Å². The van der Waals surface area contributed by atoms with Gasteiger partial charge in [-0.3, -0.25) is 4.79 Å². The molecule has 2 N–H and O–H groups in total. The van der Waals surface area contributed by atoms with Gasteiger partial charge in [-0.2, -0.15) is 0 Å². The van der Waals surface area contributed by atoms with E-state index in [1.807, 2.05) is 6.92 Å². The average Bonchev–Trinajstić information content (AvgIpc) is 2.23. The van der Waals surface area contributed by atoms with Gasteiger partial charge >= 0.3 is 0 Å². The molecule has 80 valence electrons. The van der Waals surface area contributed by atoms with Gasteiger partial charge in [0, 0.05) is 18.8 Å². The highest BCUT2D eigenvalue weighted by atomic mass is 16.5. The smallest absolute Gasteiger partial charge is 0.267 e. The van der Waals surface area contributed by atoms with Gasteiger partial charge in [-0.25, -0.2) is 0 Å². The maximum Gasteiger partial charge on any atom is 0.267 e. The number of nitrogen functional groups attached to an aromatic ring is 1. The highest BCUT2D eigenvalue weighted by Gasteiger charge is 2.30. The zero-order valence-corrected chi connectivity index (χ0v) is 8.86. The monoisotopic (exact) mass is 206 g/mol. The number of anilines is 2. The van der Waals surface area contributed by atoms with Crippen LogP contribution in [0.5, 0.6) is 5.75 Å². The molecule has 0 spiro atoms. The minimum atomic E-state index is -0.385. The van der Waals surface area contributed by atoms with Crippen molar-refractivity contribution in [2.45, 2.75) is 19.4 Å². The molecule has 4 nitrogen and oxygen atoms in total. The van der Waals surface area contributed by atoms with Crippen molar-refractivity contribution >= 4 is 17.3 Å². The quantitative estimate of drug-likeness (QED) is 0.707. The average molecular weight is 206 g/mol. The predicted molar refractivity (Wildman–Crippen MR) is 59.0 cm³/mol.